The number of amides is 1. The molecule has 3 nitrogen and oxygen atoms in total. The fourth-order valence-corrected chi connectivity index (χ4v) is 1.50. The van der Waals surface area contributed by atoms with Crippen LogP contribution in [0.3, 0.4) is 0 Å². The maximum atomic E-state index is 11.7. The van der Waals surface area contributed by atoms with E-state index in [-0.39, 0.29) is 5.91 Å². The fraction of sp³-hybridized carbons (Fsp3) is 0.615. The van der Waals surface area contributed by atoms with Gasteiger partial charge in [-0.15, -0.1) is 0 Å². The lowest BCUT2D eigenvalue weighted by Crippen LogP contribution is -2.25. The van der Waals surface area contributed by atoms with Crippen molar-refractivity contribution in [1.82, 2.24) is 4.90 Å². The number of furan rings is 1. The van der Waals surface area contributed by atoms with Gasteiger partial charge in [0.15, 0.2) is 0 Å². The average Bonchev–Trinajstić information content (AvgIpc) is 2.60. The molecule has 3 heteroatoms. The van der Waals surface area contributed by atoms with Crippen LogP contribution in [0.5, 0.6) is 0 Å². The number of carbonyl (C=O) groups excluding carboxylic acids is 1. The summed E-state index contributed by atoms with van der Waals surface area (Å²) in [5, 5.41) is 0. The molecule has 0 radical (unpaired) electrons. The van der Waals surface area contributed by atoms with Crippen LogP contribution in [0, 0.1) is 12.8 Å². The summed E-state index contributed by atoms with van der Waals surface area (Å²) in [6.07, 6.45) is 1.56. The molecule has 0 fully saturated rings. The second-order valence-corrected chi connectivity index (χ2v) is 4.69. The Hall–Kier alpha value is -1.25. The van der Waals surface area contributed by atoms with Crippen molar-refractivity contribution in [1.29, 1.82) is 0 Å². The van der Waals surface area contributed by atoms with Crippen LogP contribution in [0.25, 0.3) is 0 Å². The highest BCUT2D eigenvalue weighted by atomic mass is 16.3. The molecule has 1 heterocycles. The quantitative estimate of drug-likeness (QED) is 0.769. The molecule has 0 saturated heterocycles. The average molecular weight is 223 g/mol. The third-order valence-electron chi connectivity index (χ3n) is 2.55. The van der Waals surface area contributed by atoms with Crippen molar-refractivity contribution < 1.29 is 9.21 Å². The second-order valence-electron chi connectivity index (χ2n) is 4.69. The van der Waals surface area contributed by atoms with Gasteiger partial charge in [-0.25, -0.2) is 0 Å². The van der Waals surface area contributed by atoms with Gasteiger partial charge in [0.25, 0.3) is 0 Å². The van der Waals surface area contributed by atoms with E-state index in [2.05, 4.69) is 13.8 Å². The van der Waals surface area contributed by atoms with Crippen LogP contribution in [-0.2, 0) is 11.3 Å². The number of carbonyl (C=O) groups is 1. The van der Waals surface area contributed by atoms with E-state index < -0.39 is 0 Å². The molecule has 0 saturated carbocycles. The Kier molecular flexibility index (Phi) is 4.59. The van der Waals surface area contributed by atoms with Crippen molar-refractivity contribution in [3.63, 3.8) is 0 Å². The van der Waals surface area contributed by atoms with Crippen molar-refractivity contribution in [3.05, 3.63) is 23.7 Å². The molecule has 90 valence electrons. The Labute approximate surface area is 97.4 Å². The number of hydrogen-bond donors (Lipinski definition) is 0. The first-order valence-electron chi connectivity index (χ1n) is 5.78. The van der Waals surface area contributed by atoms with E-state index in [0.29, 0.717) is 18.9 Å². The minimum absolute atomic E-state index is 0.183. The van der Waals surface area contributed by atoms with Crippen molar-refractivity contribution in [3.8, 4) is 0 Å². The first-order chi connectivity index (χ1) is 7.49. The van der Waals surface area contributed by atoms with Gasteiger partial charge in [-0.1, -0.05) is 13.8 Å². The minimum Gasteiger partial charge on any atom is -0.464 e. The van der Waals surface area contributed by atoms with Crippen molar-refractivity contribution in [2.75, 3.05) is 7.05 Å². The van der Waals surface area contributed by atoms with Crippen LogP contribution in [-0.4, -0.2) is 17.9 Å². The Morgan fingerprint density at radius 2 is 2.12 bits per heavy atom. The van der Waals surface area contributed by atoms with E-state index in [9.17, 15) is 4.79 Å². The summed E-state index contributed by atoms with van der Waals surface area (Å²) in [5.74, 6) is 2.49. The number of hydrogen-bond acceptors (Lipinski definition) is 2. The van der Waals surface area contributed by atoms with Crippen LogP contribution in [0.15, 0.2) is 16.5 Å². The predicted octanol–water partition coefficient (Wildman–Crippen LogP) is 2.98. The van der Waals surface area contributed by atoms with Gasteiger partial charge in [0, 0.05) is 13.5 Å². The first-order valence-corrected chi connectivity index (χ1v) is 5.78. The molecular formula is C13H21NO2. The maximum Gasteiger partial charge on any atom is 0.222 e. The zero-order valence-corrected chi connectivity index (χ0v) is 10.6. The van der Waals surface area contributed by atoms with Gasteiger partial charge in [0.05, 0.1) is 6.54 Å². The maximum absolute atomic E-state index is 11.7. The van der Waals surface area contributed by atoms with Gasteiger partial charge in [0.2, 0.25) is 5.91 Å². The summed E-state index contributed by atoms with van der Waals surface area (Å²) in [7, 11) is 1.82. The van der Waals surface area contributed by atoms with E-state index >= 15 is 0 Å². The SMILES string of the molecule is Cc1ccc(CN(C)C(=O)CCC(C)C)o1. The van der Waals surface area contributed by atoms with Crippen LogP contribution in [0.1, 0.15) is 38.2 Å². The van der Waals surface area contributed by atoms with Crippen LogP contribution >= 0.6 is 0 Å². The molecule has 0 unspecified atom stereocenters. The molecular weight excluding hydrogens is 202 g/mol. The summed E-state index contributed by atoms with van der Waals surface area (Å²) in [6.45, 7) is 6.72. The van der Waals surface area contributed by atoms with E-state index in [1.165, 1.54) is 0 Å². The zero-order chi connectivity index (χ0) is 12.1. The van der Waals surface area contributed by atoms with Gasteiger partial charge in [-0.05, 0) is 31.4 Å². The largest absolute Gasteiger partial charge is 0.464 e. The van der Waals surface area contributed by atoms with Gasteiger partial charge in [0.1, 0.15) is 11.5 Å². The molecule has 0 aliphatic rings. The molecule has 1 rings (SSSR count). The lowest BCUT2D eigenvalue weighted by Gasteiger charge is -2.16. The van der Waals surface area contributed by atoms with Crippen LogP contribution in [0.4, 0.5) is 0 Å². The third-order valence-corrected chi connectivity index (χ3v) is 2.55. The Bertz CT molecular complexity index is 341. The lowest BCUT2D eigenvalue weighted by atomic mass is 10.1. The molecule has 0 aromatic carbocycles. The molecule has 0 N–H and O–H groups in total. The van der Waals surface area contributed by atoms with Crippen LogP contribution < -0.4 is 0 Å². The summed E-state index contributed by atoms with van der Waals surface area (Å²) >= 11 is 0. The molecule has 0 bridgehead atoms. The highest BCUT2D eigenvalue weighted by Gasteiger charge is 2.11. The summed E-state index contributed by atoms with van der Waals surface area (Å²) in [6, 6.07) is 3.84. The molecule has 0 aliphatic carbocycles. The number of rotatable bonds is 5. The Balaban J connectivity index is 2.39. The molecule has 16 heavy (non-hydrogen) atoms. The van der Waals surface area contributed by atoms with E-state index in [0.717, 1.165) is 17.9 Å². The highest BCUT2D eigenvalue weighted by molar-refractivity contribution is 5.75. The topological polar surface area (TPSA) is 33.5 Å². The van der Waals surface area contributed by atoms with Gasteiger partial charge in [-0.3, -0.25) is 4.79 Å². The molecule has 0 spiro atoms. The normalized spacial score (nSPS) is 10.8. The van der Waals surface area contributed by atoms with E-state index in [1.807, 2.05) is 26.1 Å². The molecule has 1 amide bonds. The molecule has 1 aromatic heterocycles. The summed E-state index contributed by atoms with van der Waals surface area (Å²) in [4.78, 5) is 13.5. The molecule has 1 aromatic rings. The Morgan fingerprint density at radius 3 is 2.62 bits per heavy atom. The first kappa shape index (κ1) is 12.8. The van der Waals surface area contributed by atoms with Crippen LogP contribution in [0.2, 0.25) is 0 Å². The molecule has 0 atom stereocenters. The predicted molar refractivity (Wildman–Crippen MR) is 64.0 cm³/mol. The number of nitrogens with zero attached hydrogens (tertiary/aromatic N) is 1. The summed E-state index contributed by atoms with van der Waals surface area (Å²) < 4.78 is 5.44. The van der Waals surface area contributed by atoms with Gasteiger partial charge in [-0.2, -0.15) is 0 Å². The summed E-state index contributed by atoms with van der Waals surface area (Å²) in [5.41, 5.74) is 0. The highest BCUT2D eigenvalue weighted by Crippen LogP contribution is 2.11. The smallest absolute Gasteiger partial charge is 0.222 e. The zero-order valence-electron chi connectivity index (χ0n) is 10.6. The van der Waals surface area contributed by atoms with Crippen molar-refractivity contribution in [2.45, 2.75) is 40.2 Å². The van der Waals surface area contributed by atoms with E-state index in [4.69, 9.17) is 4.42 Å². The second kappa shape index (κ2) is 5.73. The minimum atomic E-state index is 0.183. The standard InChI is InChI=1S/C13H21NO2/c1-10(2)5-8-13(15)14(4)9-12-7-6-11(3)16-12/h6-7,10H,5,8-9H2,1-4H3. The fourth-order valence-electron chi connectivity index (χ4n) is 1.50. The van der Waals surface area contributed by atoms with Crippen molar-refractivity contribution in [2.24, 2.45) is 5.92 Å². The Morgan fingerprint density at radius 1 is 1.44 bits per heavy atom. The lowest BCUT2D eigenvalue weighted by molar-refractivity contribution is -0.130. The monoisotopic (exact) mass is 223 g/mol. The van der Waals surface area contributed by atoms with Crippen molar-refractivity contribution >= 4 is 5.91 Å². The van der Waals surface area contributed by atoms with Gasteiger partial charge < -0.3 is 9.32 Å². The number of aryl methyl sites for hydroxylation is 1. The van der Waals surface area contributed by atoms with E-state index in [1.54, 1.807) is 4.90 Å². The van der Waals surface area contributed by atoms with Gasteiger partial charge >= 0.3 is 0 Å². The third kappa shape index (κ3) is 4.09. The molecule has 0 aliphatic heterocycles.